The molecule has 4 rings (SSSR count). The van der Waals surface area contributed by atoms with E-state index < -0.39 is 6.10 Å². The van der Waals surface area contributed by atoms with Crippen molar-refractivity contribution in [3.05, 3.63) is 107 Å². The fraction of sp³-hybridized carbons (Fsp3) is 0.0476. The third kappa shape index (κ3) is 2.28. The molecule has 0 unspecified atom stereocenters. The molecule has 3 aromatic carbocycles. The largest absolute Gasteiger partial charge is 0.384 e. The van der Waals surface area contributed by atoms with Gasteiger partial charge in [0.2, 0.25) is 0 Å². The van der Waals surface area contributed by atoms with Gasteiger partial charge in [-0.2, -0.15) is 0 Å². The zero-order valence-corrected chi connectivity index (χ0v) is 12.4. The maximum Gasteiger partial charge on any atom is 0.123 e. The first-order chi connectivity index (χ1) is 11.3. The number of aliphatic hydroxyl groups excluding tert-OH is 1. The maximum absolute atomic E-state index is 13.7. The van der Waals surface area contributed by atoms with Crippen LogP contribution in [0.25, 0.3) is 11.1 Å². The van der Waals surface area contributed by atoms with Gasteiger partial charge in [0, 0.05) is 5.57 Å². The van der Waals surface area contributed by atoms with Crippen molar-refractivity contribution in [2.75, 3.05) is 0 Å². The molecule has 1 nitrogen and oxygen atoms in total. The van der Waals surface area contributed by atoms with Crippen LogP contribution >= 0.6 is 0 Å². The van der Waals surface area contributed by atoms with E-state index in [4.69, 9.17) is 0 Å². The van der Waals surface area contributed by atoms with Crippen LogP contribution in [-0.4, -0.2) is 5.11 Å². The molecule has 1 N–H and O–H groups in total. The Kier molecular flexibility index (Phi) is 3.32. The molecule has 1 aliphatic carbocycles. The molecule has 1 aliphatic rings. The van der Waals surface area contributed by atoms with E-state index in [1.165, 1.54) is 12.1 Å². The molecule has 2 heteroatoms. The highest BCUT2D eigenvalue weighted by atomic mass is 19.1. The van der Waals surface area contributed by atoms with Gasteiger partial charge in [-0.15, -0.1) is 0 Å². The highest BCUT2D eigenvalue weighted by Gasteiger charge is 2.31. The number of benzene rings is 3. The average Bonchev–Trinajstić information content (AvgIpc) is 2.89. The van der Waals surface area contributed by atoms with Crippen LogP contribution in [0, 0.1) is 5.82 Å². The third-order valence-electron chi connectivity index (χ3n) is 4.27. The van der Waals surface area contributed by atoms with Gasteiger partial charge in [0.15, 0.2) is 0 Å². The van der Waals surface area contributed by atoms with Gasteiger partial charge in [-0.05, 0) is 40.0 Å². The van der Waals surface area contributed by atoms with Gasteiger partial charge in [-0.25, -0.2) is 4.39 Å². The van der Waals surface area contributed by atoms with Gasteiger partial charge < -0.3 is 5.11 Å². The second-order valence-corrected chi connectivity index (χ2v) is 5.65. The van der Waals surface area contributed by atoms with E-state index in [0.717, 1.165) is 27.8 Å². The summed E-state index contributed by atoms with van der Waals surface area (Å²) >= 11 is 0. The summed E-state index contributed by atoms with van der Waals surface area (Å²) in [4.78, 5) is 0. The molecular formula is C21H15FO. The van der Waals surface area contributed by atoms with Crippen LogP contribution < -0.4 is 0 Å². The fourth-order valence-corrected chi connectivity index (χ4v) is 3.26. The van der Waals surface area contributed by atoms with Gasteiger partial charge in [-0.3, -0.25) is 0 Å². The van der Waals surface area contributed by atoms with Crippen LogP contribution in [0.2, 0.25) is 0 Å². The van der Waals surface area contributed by atoms with Gasteiger partial charge in [0.25, 0.3) is 0 Å². The van der Waals surface area contributed by atoms with E-state index in [9.17, 15) is 9.50 Å². The monoisotopic (exact) mass is 302 g/mol. The van der Waals surface area contributed by atoms with Crippen LogP contribution in [0.1, 0.15) is 28.4 Å². The van der Waals surface area contributed by atoms with Crippen molar-refractivity contribution in [1.82, 2.24) is 0 Å². The summed E-state index contributed by atoms with van der Waals surface area (Å²) in [7, 11) is 0. The molecule has 0 fully saturated rings. The quantitative estimate of drug-likeness (QED) is 0.718. The number of hydrogen-bond acceptors (Lipinski definition) is 1. The number of rotatable bonds is 2. The lowest BCUT2D eigenvalue weighted by atomic mass is 9.94. The normalized spacial score (nSPS) is 16.5. The topological polar surface area (TPSA) is 20.2 Å². The minimum Gasteiger partial charge on any atom is -0.384 e. The van der Waals surface area contributed by atoms with E-state index in [2.05, 4.69) is 0 Å². The zero-order chi connectivity index (χ0) is 15.8. The Bertz CT molecular complexity index is 882. The van der Waals surface area contributed by atoms with Crippen molar-refractivity contribution in [3.63, 3.8) is 0 Å². The van der Waals surface area contributed by atoms with Crippen LogP contribution in [0.5, 0.6) is 0 Å². The Morgan fingerprint density at radius 2 is 1.35 bits per heavy atom. The SMILES string of the molecule is O[C@@H]1C(c2ccccc2)=C(c2ccccc2)c2ccc(F)cc21. The lowest BCUT2D eigenvalue weighted by Crippen LogP contribution is -1.97. The van der Waals surface area contributed by atoms with E-state index in [-0.39, 0.29) is 5.82 Å². The number of halogens is 1. The molecule has 112 valence electrons. The summed E-state index contributed by atoms with van der Waals surface area (Å²) in [5.41, 5.74) is 5.30. The molecule has 0 aliphatic heterocycles. The Labute approximate surface area is 134 Å². The standard InChI is InChI=1S/C21H15FO/c22-16-11-12-17-18(13-16)21(23)20(15-9-5-2-6-10-15)19(17)14-7-3-1-4-8-14/h1-13,21,23H/t21-/m0/s1. The van der Waals surface area contributed by atoms with Gasteiger partial charge in [-0.1, -0.05) is 66.7 Å². The van der Waals surface area contributed by atoms with E-state index in [0.29, 0.717) is 5.56 Å². The summed E-state index contributed by atoms with van der Waals surface area (Å²) in [5.74, 6) is -0.329. The van der Waals surface area contributed by atoms with Gasteiger partial charge >= 0.3 is 0 Å². The van der Waals surface area contributed by atoms with Crippen LogP contribution in [0.3, 0.4) is 0 Å². The highest BCUT2D eigenvalue weighted by Crippen LogP contribution is 2.48. The highest BCUT2D eigenvalue weighted by molar-refractivity contribution is 6.05. The number of fused-ring (bicyclic) bond motifs is 1. The molecule has 0 spiro atoms. The van der Waals surface area contributed by atoms with Crippen molar-refractivity contribution in [2.24, 2.45) is 0 Å². The van der Waals surface area contributed by atoms with Crippen molar-refractivity contribution in [1.29, 1.82) is 0 Å². The fourth-order valence-electron chi connectivity index (χ4n) is 3.26. The second kappa shape index (κ2) is 5.49. The Balaban J connectivity index is 2.02. The first-order valence-electron chi connectivity index (χ1n) is 7.58. The van der Waals surface area contributed by atoms with E-state index >= 15 is 0 Å². The zero-order valence-electron chi connectivity index (χ0n) is 12.4. The summed E-state index contributed by atoms with van der Waals surface area (Å²) in [5, 5.41) is 10.8. The molecule has 0 heterocycles. The Morgan fingerprint density at radius 1 is 0.739 bits per heavy atom. The Hall–Kier alpha value is -2.71. The van der Waals surface area contributed by atoms with Crippen LogP contribution in [-0.2, 0) is 0 Å². The van der Waals surface area contributed by atoms with Gasteiger partial charge in [0.05, 0.1) is 0 Å². The molecule has 0 saturated carbocycles. The number of hydrogen-bond donors (Lipinski definition) is 1. The summed E-state index contributed by atoms with van der Waals surface area (Å²) < 4.78 is 13.7. The molecule has 3 aromatic rings. The lowest BCUT2D eigenvalue weighted by Gasteiger charge is -2.12. The minimum absolute atomic E-state index is 0.329. The second-order valence-electron chi connectivity index (χ2n) is 5.65. The molecule has 0 radical (unpaired) electrons. The summed E-state index contributed by atoms with van der Waals surface area (Å²) in [6.07, 6.45) is -0.821. The van der Waals surface area contributed by atoms with Gasteiger partial charge in [0.1, 0.15) is 11.9 Å². The predicted molar refractivity (Wildman–Crippen MR) is 90.2 cm³/mol. The third-order valence-corrected chi connectivity index (χ3v) is 4.27. The molecule has 0 amide bonds. The first kappa shape index (κ1) is 13.9. The smallest absolute Gasteiger partial charge is 0.123 e. The molecule has 1 atom stereocenters. The Morgan fingerprint density at radius 3 is 2.00 bits per heavy atom. The van der Waals surface area contributed by atoms with E-state index in [1.54, 1.807) is 6.07 Å². The molecule has 0 aromatic heterocycles. The molecule has 23 heavy (non-hydrogen) atoms. The van der Waals surface area contributed by atoms with E-state index in [1.807, 2.05) is 60.7 Å². The molecular weight excluding hydrogens is 287 g/mol. The maximum atomic E-state index is 13.7. The average molecular weight is 302 g/mol. The van der Waals surface area contributed by atoms with Crippen LogP contribution in [0.15, 0.2) is 78.9 Å². The lowest BCUT2D eigenvalue weighted by molar-refractivity contribution is 0.240. The van der Waals surface area contributed by atoms with Crippen molar-refractivity contribution < 1.29 is 9.50 Å². The molecule has 0 saturated heterocycles. The minimum atomic E-state index is -0.821. The predicted octanol–water partition coefficient (Wildman–Crippen LogP) is 4.83. The van der Waals surface area contributed by atoms with Crippen LogP contribution in [0.4, 0.5) is 4.39 Å². The summed E-state index contributed by atoms with van der Waals surface area (Å²) in [6.45, 7) is 0. The molecule has 0 bridgehead atoms. The van der Waals surface area contributed by atoms with Crippen molar-refractivity contribution >= 4 is 11.1 Å². The number of aliphatic hydroxyl groups is 1. The summed E-state index contributed by atoms with van der Waals surface area (Å²) in [6, 6.07) is 24.4. The van der Waals surface area contributed by atoms with Crippen molar-refractivity contribution in [3.8, 4) is 0 Å². The van der Waals surface area contributed by atoms with Crippen molar-refractivity contribution in [2.45, 2.75) is 6.10 Å². The first-order valence-corrected chi connectivity index (χ1v) is 7.58.